The molecule has 1 saturated carbocycles. The minimum absolute atomic E-state index is 0.0243. The number of amides is 2. The van der Waals surface area contributed by atoms with Crippen molar-refractivity contribution in [3.63, 3.8) is 0 Å². The summed E-state index contributed by atoms with van der Waals surface area (Å²) in [6.45, 7) is 0. The first-order chi connectivity index (χ1) is 7.77. The molecular formula is C12H16N2O2. The summed E-state index contributed by atoms with van der Waals surface area (Å²) >= 11 is 0. The van der Waals surface area contributed by atoms with Gasteiger partial charge in [0.2, 0.25) is 0 Å². The zero-order chi connectivity index (χ0) is 11.4. The first kappa shape index (κ1) is 11.0. The van der Waals surface area contributed by atoms with Gasteiger partial charge in [-0.2, -0.15) is 0 Å². The van der Waals surface area contributed by atoms with Crippen molar-refractivity contribution < 1.29 is 10.0 Å². The topological polar surface area (TPSA) is 52.6 Å². The largest absolute Gasteiger partial charge is 0.345 e. The molecule has 1 aromatic carbocycles. The third kappa shape index (κ3) is 2.52. The van der Waals surface area contributed by atoms with Crippen LogP contribution in [-0.2, 0) is 0 Å². The van der Waals surface area contributed by atoms with Crippen LogP contribution in [0.1, 0.15) is 25.7 Å². The first-order valence-corrected chi connectivity index (χ1v) is 5.61. The van der Waals surface area contributed by atoms with Crippen molar-refractivity contribution in [3.8, 4) is 0 Å². The molecule has 4 heteroatoms. The Balaban J connectivity index is 1.92. The van der Waals surface area contributed by atoms with E-state index in [1.165, 1.54) is 0 Å². The summed E-state index contributed by atoms with van der Waals surface area (Å²) in [7, 11) is 0. The van der Waals surface area contributed by atoms with Crippen LogP contribution in [0.2, 0.25) is 0 Å². The van der Waals surface area contributed by atoms with Gasteiger partial charge in [-0.3, -0.25) is 5.21 Å². The lowest BCUT2D eigenvalue weighted by Crippen LogP contribution is -2.38. The van der Waals surface area contributed by atoms with Gasteiger partial charge in [-0.15, -0.1) is 0 Å². The number of benzene rings is 1. The van der Waals surface area contributed by atoms with Gasteiger partial charge in [0.05, 0.1) is 6.04 Å². The number of hydroxylamine groups is 2. The van der Waals surface area contributed by atoms with Gasteiger partial charge >= 0.3 is 6.03 Å². The molecule has 0 atom stereocenters. The molecule has 0 bridgehead atoms. The molecule has 0 radical (unpaired) electrons. The zero-order valence-electron chi connectivity index (χ0n) is 9.10. The molecular weight excluding hydrogens is 204 g/mol. The Hall–Kier alpha value is -1.55. The van der Waals surface area contributed by atoms with Crippen LogP contribution in [0.5, 0.6) is 0 Å². The third-order valence-corrected chi connectivity index (χ3v) is 2.90. The second kappa shape index (κ2) is 4.99. The van der Waals surface area contributed by atoms with Crippen molar-refractivity contribution in [2.45, 2.75) is 31.7 Å². The summed E-state index contributed by atoms with van der Waals surface area (Å²) < 4.78 is 0. The monoisotopic (exact) mass is 220 g/mol. The maximum atomic E-state index is 11.7. The molecule has 16 heavy (non-hydrogen) atoms. The second-order valence-corrected chi connectivity index (χ2v) is 4.08. The normalized spacial score (nSPS) is 16.1. The van der Waals surface area contributed by atoms with Crippen LogP contribution >= 0.6 is 0 Å². The molecule has 0 aliphatic heterocycles. The number of urea groups is 1. The van der Waals surface area contributed by atoms with E-state index in [4.69, 9.17) is 0 Å². The van der Waals surface area contributed by atoms with Crippen molar-refractivity contribution in [2.75, 3.05) is 5.32 Å². The molecule has 86 valence electrons. The highest BCUT2D eigenvalue weighted by molar-refractivity contribution is 5.88. The van der Waals surface area contributed by atoms with E-state index >= 15 is 0 Å². The van der Waals surface area contributed by atoms with Crippen molar-refractivity contribution in [3.05, 3.63) is 30.3 Å². The molecule has 0 unspecified atom stereocenters. The van der Waals surface area contributed by atoms with E-state index in [1.54, 1.807) is 12.1 Å². The van der Waals surface area contributed by atoms with Gasteiger partial charge in [-0.05, 0) is 25.0 Å². The average molecular weight is 220 g/mol. The van der Waals surface area contributed by atoms with Crippen LogP contribution in [0.15, 0.2) is 30.3 Å². The van der Waals surface area contributed by atoms with Gasteiger partial charge in [0.25, 0.3) is 0 Å². The molecule has 0 aromatic heterocycles. The first-order valence-electron chi connectivity index (χ1n) is 5.61. The molecule has 1 fully saturated rings. The van der Waals surface area contributed by atoms with Gasteiger partial charge in [-0.25, -0.2) is 9.86 Å². The quantitative estimate of drug-likeness (QED) is 0.594. The van der Waals surface area contributed by atoms with E-state index < -0.39 is 6.03 Å². The van der Waals surface area contributed by atoms with Gasteiger partial charge in [0, 0.05) is 5.69 Å². The smallest absolute Gasteiger partial charge is 0.306 e. The Morgan fingerprint density at radius 1 is 1.25 bits per heavy atom. The number of nitrogens with one attached hydrogen (secondary N) is 1. The van der Waals surface area contributed by atoms with Crippen molar-refractivity contribution >= 4 is 11.7 Å². The highest BCUT2D eigenvalue weighted by Gasteiger charge is 2.25. The lowest BCUT2D eigenvalue weighted by atomic mass is 10.2. The van der Waals surface area contributed by atoms with E-state index in [1.807, 2.05) is 18.2 Å². The van der Waals surface area contributed by atoms with E-state index in [0.717, 1.165) is 30.7 Å². The summed E-state index contributed by atoms with van der Waals surface area (Å²) in [5.74, 6) is 0. The van der Waals surface area contributed by atoms with Crippen LogP contribution in [-0.4, -0.2) is 22.3 Å². The molecule has 0 spiro atoms. The molecule has 4 nitrogen and oxygen atoms in total. The number of carbonyl (C=O) groups excluding carboxylic acids is 1. The number of nitrogens with zero attached hydrogens (tertiary/aromatic N) is 1. The molecule has 1 aromatic rings. The number of anilines is 1. The van der Waals surface area contributed by atoms with Gasteiger partial charge < -0.3 is 5.32 Å². The molecule has 1 aliphatic carbocycles. The van der Waals surface area contributed by atoms with Gasteiger partial charge in [0.15, 0.2) is 0 Å². The van der Waals surface area contributed by atoms with Crippen molar-refractivity contribution in [1.82, 2.24) is 5.06 Å². The van der Waals surface area contributed by atoms with Crippen LogP contribution in [0.3, 0.4) is 0 Å². The van der Waals surface area contributed by atoms with Crippen LogP contribution < -0.4 is 5.32 Å². The van der Waals surface area contributed by atoms with Crippen LogP contribution in [0, 0.1) is 0 Å². The zero-order valence-corrected chi connectivity index (χ0v) is 9.10. The number of para-hydroxylation sites is 1. The number of hydrogen-bond donors (Lipinski definition) is 2. The maximum Gasteiger partial charge on any atom is 0.345 e. The lowest BCUT2D eigenvalue weighted by Gasteiger charge is -2.21. The molecule has 0 saturated heterocycles. The fraction of sp³-hybridized carbons (Fsp3) is 0.417. The lowest BCUT2D eigenvalue weighted by molar-refractivity contribution is -0.0707. The fourth-order valence-electron chi connectivity index (χ4n) is 2.02. The average Bonchev–Trinajstić information content (AvgIpc) is 2.83. The highest BCUT2D eigenvalue weighted by atomic mass is 16.5. The molecule has 1 aliphatic rings. The van der Waals surface area contributed by atoms with E-state index in [9.17, 15) is 10.0 Å². The minimum atomic E-state index is -0.446. The van der Waals surface area contributed by atoms with Crippen molar-refractivity contribution in [2.24, 2.45) is 0 Å². The summed E-state index contributed by atoms with van der Waals surface area (Å²) in [5, 5.41) is 13.2. The summed E-state index contributed by atoms with van der Waals surface area (Å²) in [4.78, 5) is 11.7. The maximum absolute atomic E-state index is 11.7. The van der Waals surface area contributed by atoms with Crippen LogP contribution in [0.4, 0.5) is 10.5 Å². The summed E-state index contributed by atoms with van der Waals surface area (Å²) in [5.41, 5.74) is 0.699. The predicted molar refractivity (Wildman–Crippen MR) is 61.3 cm³/mol. The highest BCUT2D eigenvalue weighted by Crippen LogP contribution is 2.22. The van der Waals surface area contributed by atoms with Gasteiger partial charge in [-0.1, -0.05) is 31.0 Å². The molecule has 2 amide bonds. The minimum Gasteiger partial charge on any atom is -0.306 e. The number of hydrogen-bond acceptors (Lipinski definition) is 2. The Kier molecular flexibility index (Phi) is 3.41. The SMILES string of the molecule is O=C(Nc1ccccc1)N(O)C1CCCC1. The Morgan fingerprint density at radius 2 is 1.88 bits per heavy atom. The summed E-state index contributed by atoms with van der Waals surface area (Å²) in [6, 6.07) is 8.67. The van der Waals surface area contributed by atoms with Crippen LogP contribution in [0.25, 0.3) is 0 Å². The number of carbonyl (C=O) groups is 1. The van der Waals surface area contributed by atoms with E-state index in [-0.39, 0.29) is 6.04 Å². The Labute approximate surface area is 94.8 Å². The third-order valence-electron chi connectivity index (χ3n) is 2.90. The van der Waals surface area contributed by atoms with Crippen molar-refractivity contribution in [1.29, 1.82) is 0 Å². The molecule has 0 heterocycles. The Bertz CT molecular complexity index is 347. The second-order valence-electron chi connectivity index (χ2n) is 4.08. The Morgan fingerprint density at radius 3 is 2.50 bits per heavy atom. The van der Waals surface area contributed by atoms with E-state index in [0.29, 0.717) is 5.69 Å². The fourth-order valence-corrected chi connectivity index (χ4v) is 2.02. The standard InChI is InChI=1S/C12H16N2O2/c15-12(13-10-6-2-1-3-7-10)14(16)11-8-4-5-9-11/h1-3,6-7,11,16H,4-5,8-9H2,(H,13,15). The van der Waals surface area contributed by atoms with E-state index in [2.05, 4.69) is 5.32 Å². The molecule has 2 rings (SSSR count). The predicted octanol–water partition coefficient (Wildman–Crippen LogP) is 2.85. The van der Waals surface area contributed by atoms with Gasteiger partial charge in [0.1, 0.15) is 0 Å². The molecule has 2 N–H and O–H groups in total. The summed E-state index contributed by atoms with van der Waals surface area (Å²) in [6.07, 6.45) is 3.94. The number of rotatable bonds is 2.